The Kier molecular flexibility index (Phi) is 4.29. The first-order valence-electron chi connectivity index (χ1n) is 4.72. The number of aromatic nitrogens is 2. The van der Waals surface area contributed by atoms with E-state index in [-0.39, 0.29) is 0 Å². The number of ether oxygens (including phenoxy) is 1. The van der Waals surface area contributed by atoms with Gasteiger partial charge in [-0.05, 0) is 6.92 Å². The highest BCUT2D eigenvalue weighted by molar-refractivity contribution is 5.70. The molecule has 1 heterocycles. The standard InChI is InChI=1S/C12H14N2O/c1-4-7-10(5-2)12-13-8-11(9-14-12)15-6-3/h4-5,7-9H,1-2,6H2,3H3/b10-7+. The molecule has 0 fully saturated rings. The Hall–Kier alpha value is -1.90. The number of nitrogens with zero attached hydrogens (tertiary/aromatic N) is 2. The van der Waals surface area contributed by atoms with Crippen molar-refractivity contribution >= 4 is 5.57 Å². The van der Waals surface area contributed by atoms with E-state index in [0.717, 1.165) is 5.57 Å². The fraction of sp³-hybridized carbons (Fsp3) is 0.167. The molecule has 0 aliphatic carbocycles. The van der Waals surface area contributed by atoms with Crippen molar-refractivity contribution < 1.29 is 4.74 Å². The third kappa shape index (κ3) is 3.06. The molecule has 15 heavy (non-hydrogen) atoms. The molecular weight excluding hydrogens is 188 g/mol. The van der Waals surface area contributed by atoms with Gasteiger partial charge in [0, 0.05) is 5.57 Å². The summed E-state index contributed by atoms with van der Waals surface area (Å²) < 4.78 is 5.24. The highest BCUT2D eigenvalue weighted by Crippen LogP contribution is 2.13. The Morgan fingerprint density at radius 2 is 2.07 bits per heavy atom. The smallest absolute Gasteiger partial charge is 0.159 e. The van der Waals surface area contributed by atoms with Crippen LogP contribution in [0.3, 0.4) is 0 Å². The first-order valence-corrected chi connectivity index (χ1v) is 4.72. The highest BCUT2D eigenvalue weighted by Gasteiger charge is 2.00. The number of allylic oxidation sites excluding steroid dienone is 4. The zero-order chi connectivity index (χ0) is 11.1. The van der Waals surface area contributed by atoms with Crippen LogP contribution in [0.25, 0.3) is 5.57 Å². The molecule has 0 aliphatic heterocycles. The van der Waals surface area contributed by atoms with Crippen molar-refractivity contribution in [3.8, 4) is 5.75 Å². The van der Waals surface area contributed by atoms with Crippen molar-refractivity contribution in [3.63, 3.8) is 0 Å². The van der Waals surface area contributed by atoms with Gasteiger partial charge >= 0.3 is 0 Å². The van der Waals surface area contributed by atoms with E-state index in [0.29, 0.717) is 18.2 Å². The Balaban J connectivity index is 2.91. The largest absolute Gasteiger partial charge is 0.491 e. The van der Waals surface area contributed by atoms with Gasteiger partial charge in [0.1, 0.15) is 0 Å². The molecule has 1 rings (SSSR count). The molecule has 0 spiro atoms. The summed E-state index contributed by atoms with van der Waals surface area (Å²) in [5, 5.41) is 0. The normalized spacial score (nSPS) is 10.9. The van der Waals surface area contributed by atoms with Crippen LogP contribution in [0.15, 0.2) is 43.8 Å². The van der Waals surface area contributed by atoms with E-state index in [1.165, 1.54) is 0 Å². The van der Waals surface area contributed by atoms with Crippen LogP contribution in [-0.4, -0.2) is 16.6 Å². The zero-order valence-electron chi connectivity index (χ0n) is 8.81. The first kappa shape index (κ1) is 11.2. The summed E-state index contributed by atoms with van der Waals surface area (Å²) in [6.45, 7) is 9.83. The first-order chi connectivity index (χ1) is 7.31. The minimum Gasteiger partial charge on any atom is -0.491 e. The summed E-state index contributed by atoms with van der Waals surface area (Å²) in [6.07, 6.45) is 8.47. The van der Waals surface area contributed by atoms with Crippen LogP contribution in [-0.2, 0) is 0 Å². The van der Waals surface area contributed by atoms with Crippen LogP contribution >= 0.6 is 0 Å². The SMILES string of the molecule is C=C/C=C(\C=C)c1ncc(OCC)cn1. The second-order valence-corrected chi connectivity index (χ2v) is 2.74. The lowest BCUT2D eigenvalue weighted by atomic mass is 10.2. The van der Waals surface area contributed by atoms with E-state index in [4.69, 9.17) is 4.74 Å². The summed E-state index contributed by atoms with van der Waals surface area (Å²) in [5.74, 6) is 1.29. The summed E-state index contributed by atoms with van der Waals surface area (Å²) in [5.41, 5.74) is 0.841. The van der Waals surface area contributed by atoms with Gasteiger partial charge in [0.15, 0.2) is 11.6 Å². The predicted molar refractivity (Wildman–Crippen MR) is 61.6 cm³/mol. The van der Waals surface area contributed by atoms with E-state index < -0.39 is 0 Å². The quantitative estimate of drug-likeness (QED) is 0.688. The number of hydrogen-bond acceptors (Lipinski definition) is 3. The fourth-order valence-electron chi connectivity index (χ4n) is 1.07. The van der Waals surface area contributed by atoms with Gasteiger partial charge in [0.25, 0.3) is 0 Å². The van der Waals surface area contributed by atoms with Gasteiger partial charge in [-0.1, -0.05) is 31.4 Å². The summed E-state index contributed by atoms with van der Waals surface area (Å²) in [6, 6.07) is 0. The van der Waals surface area contributed by atoms with Crippen LogP contribution in [0.1, 0.15) is 12.7 Å². The molecule has 0 amide bonds. The minimum atomic E-state index is 0.611. The average Bonchev–Trinajstić information content (AvgIpc) is 2.28. The van der Waals surface area contributed by atoms with Crippen molar-refractivity contribution in [2.75, 3.05) is 6.61 Å². The van der Waals surface area contributed by atoms with Crippen molar-refractivity contribution in [2.24, 2.45) is 0 Å². The van der Waals surface area contributed by atoms with Gasteiger partial charge < -0.3 is 4.74 Å². The zero-order valence-corrected chi connectivity index (χ0v) is 8.81. The monoisotopic (exact) mass is 202 g/mol. The van der Waals surface area contributed by atoms with Crippen LogP contribution < -0.4 is 4.74 Å². The second-order valence-electron chi connectivity index (χ2n) is 2.74. The predicted octanol–water partition coefficient (Wildman–Crippen LogP) is 2.63. The number of rotatable bonds is 5. The van der Waals surface area contributed by atoms with E-state index in [2.05, 4.69) is 23.1 Å². The van der Waals surface area contributed by atoms with Crippen LogP contribution in [0.5, 0.6) is 5.75 Å². The van der Waals surface area contributed by atoms with E-state index in [1.54, 1.807) is 24.5 Å². The molecule has 0 saturated carbocycles. The lowest BCUT2D eigenvalue weighted by molar-refractivity contribution is 0.337. The molecule has 0 atom stereocenters. The molecule has 0 N–H and O–H groups in total. The Bertz CT molecular complexity index is 366. The van der Waals surface area contributed by atoms with Crippen LogP contribution in [0, 0.1) is 0 Å². The van der Waals surface area contributed by atoms with Crippen molar-refractivity contribution in [1.29, 1.82) is 0 Å². The Labute approximate surface area is 89.8 Å². The van der Waals surface area contributed by atoms with Gasteiger partial charge in [-0.25, -0.2) is 9.97 Å². The second kappa shape index (κ2) is 5.75. The molecule has 3 nitrogen and oxygen atoms in total. The summed E-state index contributed by atoms with van der Waals surface area (Å²) in [7, 11) is 0. The van der Waals surface area contributed by atoms with Crippen molar-refractivity contribution in [1.82, 2.24) is 9.97 Å². The minimum absolute atomic E-state index is 0.611. The molecule has 1 aromatic heterocycles. The van der Waals surface area contributed by atoms with Gasteiger partial charge in [-0.3, -0.25) is 0 Å². The van der Waals surface area contributed by atoms with Crippen LogP contribution in [0.4, 0.5) is 0 Å². The van der Waals surface area contributed by atoms with Crippen LogP contribution in [0.2, 0.25) is 0 Å². The third-order valence-electron chi connectivity index (χ3n) is 1.71. The fourth-order valence-corrected chi connectivity index (χ4v) is 1.07. The number of hydrogen-bond donors (Lipinski definition) is 0. The van der Waals surface area contributed by atoms with Crippen molar-refractivity contribution in [2.45, 2.75) is 6.92 Å². The molecule has 0 radical (unpaired) electrons. The highest BCUT2D eigenvalue weighted by atomic mass is 16.5. The van der Waals surface area contributed by atoms with Gasteiger partial charge in [0.2, 0.25) is 0 Å². The van der Waals surface area contributed by atoms with E-state index in [1.807, 2.05) is 13.0 Å². The molecule has 0 aromatic carbocycles. The maximum absolute atomic E-state index is 5.24. The molecule has 0 aliphatic rings. The van der Waals surface area contributed by atoms with Crippen molar-refractivity contribution in [3.05, 3.63) is 49.6 Å². The molecule has 3 heteroatoms. The molecule has 1 aromatic rings. The van der Waals surface area contributed by atoms with Gasteiger partial charge in [-0.15, -0.1) is 0 Å². The lowest BCUT2D eigenvalue weighted by Gasteiger charge is -2.03. The van der Waals surface area contributed by atoms with Gasteiger partial charge in [-0.2, -0.15) is 0 Å². The van der Waals surface area contributed by atoms with E-state index in [9.17, 15) is 0 Å². The van der Waals surface area contributed by atoms with E-state index >= 15 is 0 Å². The molecule has 78 valence electrons. The maximum atomic E-state index is 5.24. The summed E-state index contributed by atoms with van der Waals surface area (Å²) >= 11 is 0. The molecule has 0 saturated heterocycles. The summed E-state index contributed by atoms with van der Waals surface area (Å²) in [4.78, 5) is 8.33. The molecule has 0 unspecified atom stereocenters. The average molecular weight is 202 g/mol. The maximum Gasteiger partial charge on any atom is 0.159 e. The third-order valence-corrected chi connectivity index (χ3v) is 1.71. The van der Waals surface area contributed by atoms with Gasteiger partial charge in [0.05, 0.1) is 19.0 Å². The topological polar surface area (TPSA) is 35.0 Å². The molecule has 0 bridgehead atoms. The lowest BCUT2D eigenvalue weighted by Crippen LogP contribution is -1.96. The Morgan fingerprint density at radius 3 is 2.53 bits per heavy atom. The Morgan fingerprint density at radius 1 is 1.40 bits per heavy atom. The molecular formula is C12H14N2O.